The highest BCUT2D eigenvalue weighted by atomic mass is 16.4. The first-order valence-corrected chi connectivity index (χ1v) is 7.36. The van der Waals surface area contributed by atoms with Gasteiger partial charge < -0.3 is 20.4 Å². The van der Waals surface area contributed by atoms with Gasteiger partial charge in [0.15, 0.2) is 0 Å². The Hall–Kier alpha value is -2.41. The minimum atomic E-state index is -1.82. The molecule has 0 atom stereocenters. The molecular weight excluding hydrogens is 300 g/mol. The van der Waals surface area contributed by atoms with E-state index in [0.29, 0.717) is 6.42 Å². The van der Waals surface area contributed by atoms with Gasteiger partial charge >= 0.3 is 11.9 Å². The molecule has 7 heteroatoms. The van der Waals surface area contributed by atoms with Gasteiger partial charge in [-0.25, -0.2) is 9.59 Å². The molecular formula is C16H24N2O5. The van der Waals surface area contributed by atoms with Gasteiger partial charge in [0.25, 0.3) is 0 Å². The largest absolute Gasteiger partial charge is 0.473 e. The molecule has 0 heterocycles. The molecule has 1 rings (SSSR count). The summed E-state index contributed by atoms with van der Waals surface area (Å²) >= 11 is 0. The highest BCUT2D eigenvalue weighted by Crippen LogP contribution is 2.05. The summed E-state index contributed by atoms with van der Waals surface area (Å²) < 4.78 is 0. The molecule has 0 spiro atoms. The third kappa shape index (κ3) is 11.9. The second kappa shape index (κ2) is 12.2. The van der Waals surface area contributed by atoms with E-state index in [1.54, 1.807) is 0 Å². The van der Waals surface area contributed by atoms with E-state index in [-0.39, 0.29) is 5.91 Å². The van der Waals surface area contributed by atoms with Crippen LogP contribution in [0.25, 0.3) is 0 Å². The van der Waals surface area contributed by atoms with Gasteiger partial charge in [0, 0.05) is 18.7 Å². The van der Waals surface area contributed by atoms with Crippen LogP contribution in [0.15, 0.2) is 30.3 Å². The highest BCUT2D eigenvalue weighted by Gasteiger charge is 2.04. The molecule has 3 N–H and O–H groups in total. The van der Waals surface area contributed by atoms with Crippen LogP contribution in [0.2, 0.25) is 0 Å². The molecule has 7 nitrogen and oxygen atoms in total. The van der Waals surface area contributed by atoms with Crippen LogP contribution < -0.4 is 5.32 Å². The van der Waals surface area contributed by atoms with Gasteiger partial charge in [0.2, 0.25) is 5.91 Å². The first-order chi connectivity index (χ1) is 10.9. The number of anilines is 1. The van der Waals surface area contributed by atoms with Crippen LogP contribution in [0.1, 0.15) is 26.2 Å². The molecule has 0 saturated heterocycles. The summed E-state index contributed by atoms with van der Waals surface area (Å²) in [7, 11) is 2.06. The Morgan fingerprint density at radius 1 is 1.04 bits per heavy atom. The van der Waals surface area contributed by atoms with Crippen molar-refractivity contribution in [2.24, 2.45) is 0 Å². The fourth-order valence-electron chi connectivity index (χ4n) is 1.58. The summed E-state index contributed by atoms with van der Waals surface area (Å²) in [5.74, 6) is -3.57. The van der Waals surface area contributed by atoms with Crippen LogP contribution in [-0.4, -0.2) is 53.1 Å². The van der Waals surface area contributed by atoms with E-state index in [2.05, 4.69) is 24.2 Å². The van der Waals surface area contributed by atoms with Gasteiger partial charge in [0.1, 0.15) is 0 Å². The third-order valence-corrected chi connectivity index (χ3v) is 2.85. The number of hydrogen-bond acceptors (Lipinski definition) is 4. The van der Waals surface area contributed by atoms with Crippen molar-refractivity contribution in [3.63, 3.8) is 0 Å². The summed E-state index contributed by atoms with van der Waals surface area (Å²) in [6.45, 7) is 4.06. The molecule has 0 aliphatic rings. The van der Waals surface area contributed by atoms with Crippen LogP contribution in [-0.2, 0) is 14.4 Å². The van der Waals surface area contributed by atoms with Crippen molar-refractivity contribution in [3.05, 3.63) is 30.3 Å². The first-order valence-electron chi connectivity index (χ1n) is 7.36. The summed E-state index contributed by atoms with van der Waals surface area (Å²) in [5.41, 5.74) is 0.869. The smallest absolute Gasteiger partial charge is 0.414 e. The Labute approximate surface area is 135 Å². The number of benzene rings is 1. The molecule has 0 aliphatic carbocycles. The average Bonchev–Trinajstić information content (AvgIpc) is 2.52. The normalized spacial score (nSPS) is 9.70. The van der Waals surface area contributed by atoms with E-state index < -0.39 is 11.9 Å². The number of unbranched alkanes of at least 4 members (excludes halogenated alkanes) is 1. The van der Waals surface area contributed by atoms with Crippen LogP contribution in [0.3, 0.4) is 0 Å². The zero-order valence-corrected chi connectivity index (χ0v) is 13.5. The lowest BCUT2D eigenvalue weighted by molar-refractivity contribution is -0.159. The van der Waals surface area contributed by atoms with Crippen molar-refractivity contribution in [2.45, 2.75) is 26.2 Å². The number of aliphatic carboxylic acids is 2. The first kappa shape index (κ1) is 20.6. The number of para-hydroxylation sites is 1. The van der Waals surface area contributed by atoms with E-state index >= 15 is 0 Å². The molecule has 0 unspecified atom stereocenters. The Morgan fingerprint density at radius 2 is 1.61 bits per heavy atom. The molecule has 0 fully saturated rings. The van der Waals surface area contributed by atoms with Gasteiger partial charge in [-0.15, -0.1) is 0 Å². The summed E-state index contributed by atoms with van der Waals surface area (Å²) in [6, 6.07) is 9.58. The fraction of sp³-hybridized carbons (Fsp3) is 0.438. The van der Waals surface area contributed by atoms with E-state index in [4.69, 9.17) is 19.8 Å². The summed E-state index contributed by atoms with van der Waals surface area (Å²) in [5, 5.41) is 17.7. The molecule has 1 aromatic rings. The second-order valence-corrected chi connectivity index (χ2v) is 4.93. The standard InChI is InChI=1S/C14H22N2O.C2H2O4/c1-3-4-11-16(2)12-10-14(17)15-13-8-6-5-7-9-13;3-1(4)2(5)6/h5-9H,3-4,10-12H2,1-2H3,(H,15,17);(H,3,4)(H,5,6). The van der Waals surface area contributed by atoms with E-state index in [0.717, 1.165) is 18.8 Å². The van der Waals surface area contributed by atoms with E-state index in [9.17, 15) is 4.79 Å². The molecule has 23 heavy (non-hydrogen) atoms. The average molecular weight is 324 g/mol. The number of amides is 1. The van der Waals surface area contributed by atoms with Crippen molar-refractivity contribution >= 4 is 23.5 Å². The quantitative estimate of drug-likeness (QED) is 0.661. The molecule has 1 amide bonds. The lowest BCUT2D eigenvalue weighted by Crippen LogP contribution is -2.25. The molecule has 128 valence electrons. The molecule has 0 radical (unpaired) electrons. The SMILES string of the molecule is CCCCN(C)CCC(=O)Nc1ccccc1.O=C(O)C(=O)O. The lowest BCUT2D eigenvalue weighted by atomic mass is 10.3. The van der Waals surface area contributed by atoms with Crippen LogP contribution in [0, 0.1) is 0 Å². The maximum absolute atomic E-state index is 11.7. The maximum atomic E-state index is 11.7. The monoisotopic (exact) mass is 324 g/mol. The summed E-state index contributed by atoms with van der Waals surface area (Å²) in [6.07, 6.45) is 2.94. The fourth-order valence-corrected chi connectivity index (χ4v) is 1.58. The predicted molar refractivity (Wildman–Crippen MR) is 87.4 cm³/mol. The maximum Gasteiger partial charge on any atom is 0.414 e. The van der Waals surface area contributed by atoms with Gasteiger partial charge in [-0.2, -0.15) is 0 Å². The molecule has 0 aliphatic heterocycles. The molecule has 1 aromatic carbocycles. The minimum absolute atomic E-state index is 0.0829. The number of nitrogens with zero attached hydrogens (tertiary/aromatic N) is 1. The van der Waals surface area contributed by atoms with Gasteiger partial charge in [-0.1, -0.05) is 31.5 Å². The van der Waals surface area contributed by atoms with Gasteiger partial charge in [-0.3, -0.25) is 4.79 Å². The van der Waals surface area contributed by atoms with Crippen molar-refractivity contribution in [3.8, 4) is 0 Å². The second-order valence-electron chi connectivity index (χ2n) is 4.93. The Balaban J connectivity index is 0.000000688. The van der Waals surface area contributed by atoms with Crippen molar-refractivity contribution < 1.29 is 24.6 Å². The number of carbonyl (C=O) groups excluding carboxylic acids is 1. The van der Waals surface area contributed by atoms with Crippen LogP contribution >= 0.6 is 0 Å². The van der Waals surface area contributed by atoms with Gasteiger partial charge in [-0.05, 0) is 32.1 Å². The molecule has 0 bridgehead atoms. The minimum Gasteiger partial charge on any atom is -0.473 e. The lowest BCUT2D eigenvalue weighted by Gasteiger charge is -2.15. The van der Waals surface area contributed by atoms with Crippen molar-refractivity contribution in [1.29, 1.82) is 0 Å². The van der Waals surface area contributed by atoms with Crippen molar-refractivity contribution in [2.75, 3.05) is 25.5 Å². The van der Waals surface area contributed by atoms with E-state index in [1.807, 2.05) is 30.3 Å². The van der Waals surface area contributed by atoms with Crippen molar-refractivity contribution in [1.82, 2.24) is 4.90 Å². The number of nitrogens with one attached hydrogen (secondary N) is 1. The number of carboxylic acid groups (broad SMARTS) is 2. The van der Waals surface area contributed by atoms with E-state index in [1.165, 1.54) is 12.8 Å². The zero-order chi connectivity index (χ0) is 17.7. The summed E-state index contributed by atoms with van der Waals surface area (Å²) in [4.78, 5) is 32.1. The number of carbonyl (C=O) groups is 3. The van der Waals surface area contributed by atoms with Crippen LogP contribution in [0.5, 0.6) is 0 Å². The Morgan fingerprint density at radius 3 is 2.09 bits per heavy atom. The third-order valence-electron chi connectivity index (χ3n) is 2.85. The Bertz CT molecular complexity index is 479. The molecule has 0 saturated carbocycles. The zero-order valence-electron chi connectivity index (χ0n) is 13.5. The highest BCUT2D eigenvalue weighted by molar-refractivity contribution is 6.27. The topological polar surface area (TPSA) is 107 Å². The van der Waals surface area contributed by atoms with Crippen LogP contribution in [0.4, 0.5) is 5.69 Å². The Kier molecular flexibility index (Phi) is 10.9. The number of rotatable bonds is 7. The number of carboxylic acids is 2. The molecule has 0 aromatic heterocycles. The van der Waals surface area contributed by atoms with Gasteiger partial charge in [0.05, 0.1) is 0 Å². The number of hydrogen-bond donors (Lipinski definition) is 3. The predicted octanol–water partition coefficient (Wildman–Crippen LogP) is 1.90.